The number of nitrogen functional groups attached to an aromatic ring is 3. The third kappa shape index (κ3) is 2.40. The molecule has 2 aromatic carbocycles. The van der Waals surface area contributed by atoms with Crippen molar-refractivity contribution in [3.05, 3.63) is 42.0 Å². The number of anilines is 4. The number of phenolic OH excluding ortho intramolecular Hbond substituents is 1. The molecule has 0 aromatic heterocycles. The maximum Gasteiger partial charge on any atom is 0.122 e. The monoisotopic (exact) mass is 244 g/mol. The third-order valence-electron chi connectivity index (χ3n) is 2.72. The molecule has 2 aromatic rings. The van der Waals surface area contributed by atoms with Crippen molar-refractivity contribution in [2.75, 3.05) is 22.5 Å². The van der Waals surface area contributed by atoms with Crippen LogP contribution in [-0.2, 0) is 6.54 Å². The van der Waals surface area contributed by atoms with Crippen LogP contribution >= 0.6 is 0 Å². The fraction of sp³-hybridized carbons (Fsp3) is 0.0769. The number of aromatic hydroxyl groups is 1. The molecule has 0 aliphatic rings. The zero-order valence-electron chi connectivity index (χ0n) is 9.85. The molecular formula is C13H16N4O. The van der Waals surface area contributed by atoms with Gasteiger partial charge in [-0.15, -0.1) is 0 Å². The van der Waals surface area contributed by atoms with E-state index in [-0.39, 0.29) is 5.75 Å². The van der Waals surface area contributed by atoms with Crippen molar-refractivity contribution in [3.8, 4) is 5.75 Å². The van der Waals surface area contributed by atoms with Gasteiger partial charge in [0, 0.05) is 23.5 Å². The molecule has 8 N–H and O–H groups in total. The summed E-state index contributed by atoms with van der Waals surface area (Å²) in [7, 11) is 0. The smallest absolute Gasteiger partial charge is 0.122 e. The summed E-state index contributed by atoms with van der Waals surface area (Å²) in [6.45, 7) is 0.395. The van der Waals surface area contributed by atoms with Crippen molar-refractivity contribution in [1.29, 1.82) is 0 Å². The van der Waals surface area contributed by atoms with Gasteiger partial charge in [0.25, 0.3) is 0 Å². The van der Waals surface area contributed by atoms with E-state index in [0.29, 0.717) is 29.2 Å². The van der Waals surface area contributed by atoms with Gasteiger partial charge < -0.3 is 27.6 Å². The summed E-state index contributed by atoms with van der Waals surface area (Å²) in [5.41, 5.74) is 20.3. The largest absolute Gasteiger partial charge is 0.508 e. The summed E-state index contributed by atoms with van der Waals surface area (Å²) in [5, 5.41) is 12.8. The van der Waals surface area contributed by atoms with E-state index in [9.17, 15) is 5.11 Å². The lowest BCUT2D eigenvalue weighted by Gasteiger charge is -2.12. The molecule has 0 heterocycles. The predicted octanol–water partition coefficient (Wildman–Crippen LogP) is 1.75. The fourth-order valence-electron chi connectivity index (χ4n) is 1.71. The molecule has 18 heavy (non-hydrogen) atoms. The number of rotatable bonds is 3. The molecule has 0 radical (unpaired) electrons. The number of benzene rings is 2. The minimum absolute atomic E-state index is 0.163. The predicted molar refractivity (Wildman–Crippen MR) is 75.1 cm³/mol. The second kappa shape index (κ2) is 4.75. The molecule has 0 amide bonds. The highest BCUT2D eigenvalue weighted by molar-refractivity contribution is 5.71. The van der Waals surface area contributed by atoms with Gasteiger partial charge in [0.2, 0.25) is 0 Å². The van der Waals surface area contributed by atoms with E-state index >= 15 is 0 Å². The van der Waals surface area contributed by atoms with Crippen molar-refractivity contribution in [2.24, 2.45) is 0 Å². The topological polar surface area (TPSA) is 110 Å². The van der Waals surface area contributed by atoms with Crippen LogP contribution in [0.5, 0.6) is 5.75 Å². The van der Waals surface area contributed by atoms with Gasteiger partial charge in [-0.05, 0) is 30.3 Å². The summed E-state index contributed by atoms with van der Waals surface area (Å²) >= 11 is 0. The van der Waals surface area contributed by atoms with E-state index in [2.05, 4.69) is 5.32 Å². The van der Waals surface area contributed by atoms with Crippen molar-refractivity contribution in [3.63, 3.8) is 0 Å². The van der Waals surface area contributed by atoms with Crippen LogP contribution in [0.3, 0.4) is 0 Å². The number of nitrogens with two attached hydrogens (primary N) is 3. The van der Waals surface area contributed by atoms with Crippen LogP contribution in [0.15, 0.2) is 36.4 Å². The molecule has 2 rings (SSSR count). The van der Waals surface area contributed by atoms with Crippen LogP contribution < -0.4 is 22.5 Å². The highest BCUT2D eigenvalue weighted by atomic mass is 16.3. The van der Waals surface area contributed by atoms with E-state index < -0.39 is 0 Å². The van der Waals surface area contributed by atoms with Crippen LogP contribution in [0.25, 0.3) is 0 Å². The molecule has 0 unspecified atom stereocenters. The summed E-state index contributed by atoms with van der Waals surface area (Å²) in [5.74, 6) is 0.163. The van der Waals surface area contributed by atoms with Crippen LogP contribution in [0, 0.1) is 0 Å². The minimum Gasteiger partial charge on any atom is -0.508 e. The van der Waals surface area contributed by atoms with E-state index in [1.54, 1.807) is 36.4 Å². The Morgan fingerprint density at radius 1 is 1.00 bits per heavy atom. The highest BCUT2D eigenvalue weighted by Gasteiger charge is 2.06. The number of phenols is 1. The van der Waals surface area contributed by atoms with Gasteiger partial charge in [0.05, 0.1) is 11.4 Å². The Labute approximate surface area is 105 Å². The van der Waals surface area contributed by atoms with Crippen molar-refractivity contribution in [2.45, 2.75) is 6.54 Å². The standard InChI is InChI=1S/C13H16N4O/c14-8-4-5-12(11(16)6-8)17-7-9-10(15)2-1-3-13(9)18/h1-6,17-18H,7,14-16H2. The second-order valence-electron chi connectivity index (χ2n) is 4.05. The maximum absolute atomic E-state index is 9.71. The van der Waals surface area contributed by atoms with E-state index in [4.69, 9.17) is 17.2 Å². The molecule has 0 bridgehead atoms. The SMILES string of the molecule is Nc1ccc(NCc2c(N)cccc2O)c(N)c1. The third-order valence-corrected chi connectivity index (χ3v) is 2.72. The van der Waals surface area contributed by atoms with E-state index in [1.807, 2.05) is 0 Å². The Morgan fingerprint density at radius 3 is 2.44 bits per heavy atom. The Hall–Kier alpha value is -2.56. The quantitative estimate of drug-likeness (QED) is 0.528. The Bertz CT molecular complexity index is 549. The van der Waals surface area contributed by atoms with Crippen LogP contribution in [0.1, 0.15) is 5.56 Å². The first-order valence-corrected chi connectivity index (χ1v) is 5.53. The molecule has 0 saturated heterocycles. The van der Waals surface area contributed by atoms with Crippen LogP contribution in [0.4, 0.5) is 22.7 Å². The molecule has 0 atom stereocenters. The van der Waals surface area contributed by atoms with Crippen LogP contribution in [-0.4, -0.2) is 5.11 Å². The van der Waals surface area contributed by atoms with Crippen molar-refractivity contribution < 1.29 is 5.11 Å². The normalized spacial score (nSPS) is 10.2. The summed E-state index contributed by atoms with van der Waals surface area (Å²) in [6.07, 6.45) is 0. The second-order valence-corrected chi connectivity index (χ2v) is 4.05. The number of nitrogens with one attached hydrogen (secondary N) is 1. The lowest BCUT2D eigenvalue weighted by molar-refractivity contribution is 0.469. The Kier molecular flexibility index (Phi) is 3.14. The lowest BCUT2D eigenvalue weighted by atomic mass is 10.1. The number of hydrogen-bond donors (Lipinski definition) is 5. The van der Waals surface area contributed by atoms with Gasteiger partial charge in [0.1, 0.15) is 5.75 Å². The zero-order chi connectivity index (χ0) is 13.1. The molecule has 0 saturated carbocycles. The summed E-state index contributed by atoms with van der Waals surface area (Å²) in [6, 6.07) is 10.3. The minimum atomic E-state index is 0.163. The first-order valence-electron chi connectivity index (χ1n) is 5.53. The lowest BCUT2D eigenvalue weighted by Crippen LogP contribution is -2.05. The molecule has 94 valence electrons. The van der Waals surface area contributed by atoms with E-state index in [1.165, 1.54) is 0 Å². The first-order chi connectivity index (χ1) is 8.58. The molecule has 5 nitrogen and oxygen atoms in total. The highest BCUT2D eigenvalue weighted by Crippen LogP contribution is 2.26. The van der Waals surface area contributed by atoms with Crippen molar-refractivity contribution in [1.82, 2.24) is 0 Å². The Balaban J connectivity index is 2.16. The van der Waals surface area contributed by atoms with Gasteiger partial charge >= 0.3 is 0 Å². The Morgan fingerprint density at radius 2 is 1.78 bits per heavy atom. The maximum atomic E-state index is 9.71. The average molecular weight is 244 g/mol. The molecule has 0 fully saturated rings. The van der Waals surface area contributed by atoms with Gasteiger partial charge in [-0.1, -0.05) is 6.07 Å². The molecule has 5 heteroatoms. The molecule has 0 aliphatic carbocycles. The van der Waals surface area contributed by atoms with Crippen LogP contribution in [0.2, 0.25) is 0 Å². The van der Waals surface area contributed by atoms with E-state index in [0.717, 1.165) is 5.69 Å². The number of hydrogen-bond acceptors (Lipinski definition) is 5. The van der Waals surface area contributed by atoms with Gasteiger partial charge in [0.15, 0.2) is 0 Å². The van der Waals surface area contributed by atoms with Crippen molar-refractivity contribution >= 4 is 22.7 Å². The average Bonchev–Trinajstić information content (AvgIpc) is 2.31. The molecule has 0 aliphatic heterocycles. The molecular weight excluding hydrogens is 228 g/mol. The summed E-state index contributed by atoms with van der Waals surface area (Å²) in [4.78, 5) is 0. The van der Waals surface area contributed by atoms with Gasteiger partial charge in [-0.2, -0.15) is 0 Å². The fourth-order valence-corrected chi connectivity index (χ4v) is 1.71. The van der Waals surface area contributed by atoms with Gasteiger partial charge in [-0.25, -0.2) is 0 Å². The molecule has 0 spiro atoms. The summed E-state index contributed by atoms with van der Waals surface area (Å²) < 4.78 is 0. The van der Waals surface area contributed by atoms with Gasteiger partial charge in [-0.3, -0.25) is 0 Å². The first kappa shape index (κ1) is 11.9. The zero-order valence-corrected chi connectivity index (χ0v) is 9.85.